The Labute approximate surface area is 164 Å². The van der Waals surface area contributed by atoms with E-state index in [0.29, 0.717) is 11.3 Å². The van der Waals surface area contributed by atoms with Crippen LogP contribution in [0.15, 0.2) is 42.5 Å². The van der Waals surface area contributed by atoms with Gasteiger partial charge < -0.3 is 9.80 Å². The van der Waals surface area contributed by atoms with Gasteiger partial charge in [-0.2, -0.15) is 0 Å². The van der Waals surface area contributed by atoms with Gasteiger partial charge in [0.05, 0.1) is 11.2 Å². The maximum absolute atomic E-state index is 13.6. The van der Waals surface area contributed by atoms with Crippen molar-refractivity contribution in [2.45, 2.75) is 13.3 Å². The van der Waals surface area contributed by atoms with E-state index < -0.39 is 11.6 Å². The number of piperazine rings is 1. The number of nitrogens with zero attached hydrogens (tertiary/aromatic N) is 3. The summed E-state index contributed by atoms with van der Waals surface area (Å²) in [6.45, 7) is 7.63. The maximum Gasteiger partial charge on any atom is 0.159 e. The number of hydrogen-bond donors (Lipinski definition) is 0. The van der Waals surface area contributed by atoms with Gasteiger partial charge in [-0.15, -0.1) is 0 Å². The first kappa shape index (κ1) is 19.0. The van der Waals surface area contributed by atoms with E-state index in [-0.39, 0.29) is 0 Å². The Morgan fingerprint density at radius 1 is 0.929 bits per heavy atom. The van der Waals surface area contributed by atoms with Gasteiger partial charge in [0.1, 0.15) is 0 Å². The average Bonchev–Trinajstić information content (AvgIpc) is 2.70. The number of pyridine rings is 1. The molecule has 0 N–H and O–H groups in total. The molecule has 28 heavy (non-hydrogen) atoms. The molecule has 3 aromatic rings. The van der Waals surface area contributed by atoms with E-state index in [2.05, 4.69) is 34.0 Å². The smallest absolute Gasteiger partial charge is 0.159 e. The lowest BCUT2D eigenvalue weighted by atomic mass is 10.0. The van der Waals surface area contributed by atoms with Crippen LogP contribution in [0.1, 0.15) is 11.1 Å². The minimum Gasteiger partial charge on any atom is -0.304 e. The largest absolute Gasteiger partial charge is 0.304 e. The van der Waals surface area contributed by atoms with Crippen LogP contribution in [0.4, 0.5) is 8.78 Å². The SMILES string of the molecule is Cc1cc(-c2ccc(F)c(F)c2)nc2ccc(CCN3CCN(C)CC3)cc12. The Morgan fingerprint density at radius 2 is 1.71 bits per heavy atom. The molecule has 2 aromatic carbocycles. The minimum atomic E-state index is -0.851. The van der Waals surface area contributed by atoms with Crippen LogP contribution in [0.5, 0.6) is 0 Å². The Bertz CT molecular complexity index is 995. The van der Waals surface area contributed by atoms with Crippen LogP contribution < -0.4 is 0 Å². The third kappa shape index (κ3) is 4.05. The van der Waals surface area contributed by atoms with Crippen molar-refractivity contribution in [2.75, 3.05) is 39.8 Å². The summed E-state index contributed by atoms with van der Waals surface area (Å²) in [5, 5.41) is 1.11. The number of fused-ring (bicyclic) bond motifs is 1. The van der Waals surface area contributed by atoms with E-state index in [1.807, 2.05) is 19.1 Å². The predicted octanol–water partition coefficient (Wildman–Crippen LogP) is 4.28. The van der Waals surface area contributed by atoms with E-state index in [4.69, 9.17) is 0 Å². The zero-order valence-electron chi connectivity index (χ0n) is 16.4. The lowest BCUT2D eigenvalue weighted by Gasteiger charge is -2.32. The van der Waals surface area contributed by atoms with Crippen LogP contribution in [-0.4, -0.2) is 54.6 Å². The number of halogens is 2. The van der Waals surface area contributed by atoms with Crippen LogP contribution >= 0.6 is 0 Å². The number of aromatic nitrogens is 1. The molecule has 5 heteroatoms. The molecule has 1 fully saturated rings. The summed E-state index contributed by atoms with van der Waals surface area (Å²) >= 11 is 0. The number of aryl methyl sites for hydroxylation is 1. The van der Waals surface area contributed by atoms with Crippen LogP contribution in [-0.2, 0) is 6.42 Å². The zero-order chi connectivity index (χ0) is 19.7. The topological polar surface area (TPSA) is 19.4 Å². The molecule has 0 amide bonds. The van der Waals surface area contributed by atoms with Gasteiger partial charge in [0.25, 0.3) is 0 Å². The Morgan fingerprint density at radius 3 is 2.46 bits per heavy atom. The summed E-state index contributed by atoms with van der Waals surface area (Å²) < 4.78 is 26.8. The van der Waals surface area contributed by atoms with E-state index in [0.717, 1.165) is 61.7 Å². The highest BCUT2D eigenvalue weighted by Gasteiger charge is 2.14. The molecule has 1 aliphatic heterocycles. The maximum atomic E-state index is 13.6. The van der Waals surface area contributed by atoms with Gasteiger partial charge in [-0.05, 0) is 67.9 Å². The second-order valence-electron chi connectivity index (χ2n) is 7.70. The minimum absolute atomic E-state index is 0.586. The molecule has 146 valence electrons. The number of rotatable bonds is 4. The second-order valence-corrected chi connectivity index (χ2v) is 7.70. The molecule has 2 heterocycles. The van der Waals surface area contributed by atoms with Crippen molar-refractivity contribution < 1.29 is 8.78 Å². The Kier molecular flexibility index (Phi) is 5.38. The first-order valence-electron chi connectivity index (χ1n) is 9.76. The molecule has 0 bridgehead atoms. The fourth-order valence-electron chi connectivity index (χ4n) is 3.76. The lowest BCUT2D eigenvalue weighted by molar-refractivity contribution is 0.155. The van der Waals surface area contributed by atoms with Crippen LogP contribution in [0.25, 0.3) is 22.2 Å². The van der Waals surface area contributed by atoms with Gasteiger partial charge in [0.15, 0.2) is 11.6 Å². The molecular formula is C23H25F2N3. The number of likely N-dealkylation sites (N-methyl/N-ethyl adjacent to an activating group) is 1. The predicted molar refractivity (Wildman–Crippen MR) is 109 cm³/mol. The van der Waals surface area contributed by atoms with Crippen molar-refractivity contribution >= 4 is 10.9 Å². The second kappa shape index (κ2) is 7.94. The molecule has 3 nitrogen and oxygen atoms in total. The van der Waals surface area contributed by atoms with Gasteiger partial charge >= 0.3 is 0 Å². The molecule has 1 saturated heterocycles. The van der Waals surface area contributed by atoms with Crippen molar-refractivity contribution in [3.8, 4) is 11.3 Å². The first-order chi connectivity index (χ1) is 13.5. The Balaban J connectivity index is 1.55. The van der Waals surface area contributed by atoms with E-state index in [1.54, 1.807) is 6.07 Å². The average molecular weight is 381 g/mol. The molecule has 0 aliphatic carbocycles. The number of benzene rings is 2. The van der Waals surface area contributed by atoms with Gasteiger partial charge in [0, 0.05) is 43.7 Å². The molecule has 1 aromatic heterocycles. The molecule has 0 saturated carbocycles. The van der Waals surface area contributed by atoms with E-state index in [9.17, 15) is 8.78 Å². The third-order valence-corrected chi connectivity index (χ3v) is 5.61. The summed E-state index contributed by atoms with van der Waals surface area (Å²) in [5.41, 5.74) is 4.52. The molecule has 4 rings (SSSR count). The lowest BCUT2D eigenvalue weighted by Crippen LogP contribution is -2.45. The highest BCUT2D eigenvalue weighted by molar-refractivity contribution is 5.85. The fraction of sp³-hybridized carbons (Fsp3) is 0.348. The van der Waals surface area contributed by atoms with E-state index in [1.165, 1.54) is 11.6 Å². The number of hydrogen-bond acceptors (Lipinski definition) is 3. The standard InChI is InChI=1S/C23H25F2N3/c1-16-13-23(18-4-5-20(24)21(25)15-18)26-22-6-3-17(14-19(16)22)7-8-28-11-9-27(2)10-12-28/h3-6,13-15H,7-12H2,1-2H3. The monoisotopic (exact) mass is 381 g/mol. The summed E-state index contributed by atoms with van der Waals surface area (Å²) in [7, 11) is 2.17. The van der Waals surface area contributed by atoms with Crippen molar-refractivity contribution in [3.05, 3.63) is 65.2 Å². The third-order valence-electron chi connectivity index (χ3n) is 5.61. The van der Waals surface area contributed by atoms with Gasteiger partial charge in [-0.25, -0.2) is 13.8 Å². The summed E-state index contributed by atoms with van der Waals surface area (Å²) in [5.74, 6) is -1.69. The van der Waals surface area contributed by atoms with Crippen molar-refractivity contribution in [3.63, 3.8) is 0 Å². The fourth-order valence-corrected chi connectivity index (χ4v) is 3.76. The summed E-state index contributed by atoms with van der Waals surface area (Å²) in [6.07, 6.45) is 1.02. The highest BCUT2D eigenvalue weighted by Crippen LogP contribution is 2.26. The molecule has 0 spiro atoms. The highest BCUT2D eigenvalue weighted by atomic mass is 19.2. The van der Waals surface area contributed by atoms with Crippen molar-refractivity contribution in [2.24, 2.45) is 0 Å². The summed E-state index contributed by atoms with van der Waals surface area (Å²) in [6, 6.07) is 12.2. The van der Waals surface area contributed by atoms with Crippen LogP contribution in [0.3, 0.4) is 0 Å². The molecular weight excluding hydrogens is 356 g/mol. The molecule has 0 atom stereocenters. The van der Waals surface area contributed by atoms with Crippen LogP contribution in [0, 0.1) is 18.6 Å². The van der Waals surface area contributed by atoms with Gasteiger partial charge in [-0.3, -0.25) is 0 Å². The Hall–Kier alpha value is -2.37. The summed E-state index contributed by atoms with van der Waals surface area (Å²) in [4.78, 5) is 9.55. The van der Waals surface area contributed by atoms with Gasteiger partial charge in [-0.1, -0.05) is 6.07 Å². The normalized spacial score (nSPS) is 16.0. The quantitative estimate of drug-likeness (QED) is 0.673. The van der Waals surface area contributed by atoms with Crippen molar-refractivity contribution in [1.82, 2.24) is 14.8 Å². The van der Waals surface area contributed by atoms with Crippen LogP contribution in [0.2, 0.25) is 0 Å². The van der Waals surface area contributed by atoms with E-state index >= 15 is 0 Å². The van der Waals surface area contributed by atoms with Gasteiger partial charge in [0.2, 0.25) is 0 Å². The molecule has 1 aliphatic rings. The molecule has 0 unspecified atom stereocenters. The zero-order valence-corrected chi connectivity index (χ0v) is 16.4. The van der Waals surface area contributed by atoms with Crippen molar-refractivity contribution in [1.29, 1.82) is 0 Å². The first-order valence-corrected chi connectivity index (χ1v) is 9.76. The molecule has 0 radical (unpaired) electrons.